The van der Waals surface area contributed by atoms with E-state index in [0.717, 1.165) is 10.3 Å². The van der Waals surface area contributed by atoms with Crippen molar-refractivity contribution in [3.05, 3.63) is 22.8 Å². The maximum atomic E-state index is 4.49. The molecule has 1 aliphatic heterocycles. The highest BCUT2D eigenvalue weighted by molar-refractivity contribution is 9.10. The van der Waals surface area contributed by atoms with E-state index >= 15 is 0 Å². The van der Waals surface area contributed by atoms with Crippen molar-refractivity contribution in [1.29, 1.82) is 0 Å². The monoisotopic (exact) mass is 268 g/mol. The first kappa shape index (κ1) is 10.9. The van der Waals surface area contributed by atoms with Gasteiger partial charge in [-0.1, -0.05) is 6.92 Å². The van der Waals surface area contributed by atoms with Crippen LogP contribution < -0.4 is 4.90 Å². The van der Waals surface area contributed by atoms with E-state index in [9.17, 15) is 0 Å². The van der Waals surface area contributed by atoms with Gasteiger partial charge in [0.05, 0.1) is 0 Å². The summed E-state index contributed by atoms with van der Waals surface area (Å²) in [6.45, 7) is 4.55. The van der Waals surface area contributed by atoms with Crippen molar-refractivity contribution in [3.63, 3.8) is 0 Å². The summed E-state index contributed by atoms with van der Waals surface area (Å²) < 4.78 is 1.05. The fourth-order valence-electron chi connectivity index (χ4n) is 2.41. The predicted molar refractivity (Wildman–Crippen MR) is 67.2 cm³/mol. The number of pyridine rings is 1. The van der Waals surface area contributed by atoms with Gasteiger partial charge in [0.15, 0.2) is 0 Å². The van der Waals surface area contributed by atoms with E-state index in [4.69, 9.17) is 0 Å². The number of anilines is 1. The maximum absolute atomic E-state index is 4.49. The molecule has 0 N–H and O–H groups in total. The van der Waals surface area contributed by atoms with Gasteiger partial charge < -0.3 is 4.90 Å². The van der Waals surface area contributed by atoms with Gasteiger partial charge in [-0.2, -0.15) is 0 Å². The fourth-order valence-corrected chi connectivity index (χ4v) is 2.64. The summed E-state index contributed by atoms with van der Waals surface area (Å²) in [6.07, 6.45) is 5.68. The van der Waals surface area contributed by atoms with Crippen LogP contribution in [0.3, 0.4) is 0 Å². The van der Waals surface area contributed by atoms with Crippen LogP contribution in [0.25, 0.3) is 0 Å². The summed E-state index contributed by atoms with van der Waals surface area (Å²) in [6, 6.07) is 5.48. The zero-order chi connectivity index (χ0) is 10.8. The molecule has 1 aliphatic rings. The topological polar surface area (TPSA) is 16.1 Å². The van der Waals surface area contributed by atoms with E-state index in [1.807, 2.05) is 6.20 Å². The van der Waals surface area contributed by atoms with Crippen molar-refractivity contribution in [1.82, 2.24) is 4.98 Å². The van der Waals surface area contributed by atoms with Gasteiger partial charge in [-0.3, -0.25) is 0 Å². The lowest BCUT2D eigenvalue weighted by Gasteiger charge is -2.29. The second-order valence-corrected chi connectivity index (χ2v) is 5.15. The Morgan fingerprint density at radius 3 is 2.87 bits per heavy atom. The molecule has 1 fully saturated rings. The average molecular weight is 269 g/mol. The standard InChI is InChI=1S/C12H17BrN2/c1-3-11-6-4-9(2)15(11)12-7-5-10(13)8-14-12/h5,7-9,11H,3-4,6H2,1-2H3/t9-,11+/m1/s1. The summed E-state index contributed by atoms with van der Waals surface area (Å²) in [4.78, 5) is 6.95. The van der Waals surface area contributed by atoms with Gasteiger partial charge >= 0.3 is 0 Å². The first-order chi connectivity index (χ1) is 7.22. The largest absolute Gasteiger partial charge is 0.351 e. The van der Waals surface area contributed by atoms with E-state index in [2.05, 4.69) is 51.8 Å². The van der Waals surface area contributed by atoms with Crippen molar-refractivity contribution in [3.8, 4) is 0 Å². The third-order valence-electron chi connectivity index (χ3n) is 3.23. The van der Waals surface area contributed by atoms with Crippen LogP contribution in [-0.2, 0) is 0 Å². The molecule has 0 spiro atoms. The minimum absolute atomic E-state index is 0.628. The molecule has 2 heterocycles. The number of halogens is 1. The van der Waals surface area contributed by atoms with Crippen LogP contribution in [0, 0.1) is 0 Å². The van der Waals surface area contributed by atoms with E-state index in [1.54, 1.807) is 0 Å². The first-order valence-corrected chi connectivity index (χ1v) is 6.41. The molecule has 0 aliphatic carbocycles. The highest BCUT2D eigenvalue weighted by atomic mass is 79.9. The Bertz CT molecular complexity index is 323. The minimum atomic E-state index is 0.628. The van der Waals surface area contributed by atoms with Gasteiger partial charge in [0.25, 0.3) is 0 Å². The van der Waals surface area contributed by atoms with Crippen LogP contribution in [0.5, 0.6) is 0 Å². The Morgan fingerprint density at radius 2 is 2.27 bits per heavy atom. The van der Waals surface area contributed by atoms with Gasteiger partial charge in [-0.05, 0) is 54.2 Å². The van der Waals surface area contributed by atoms with E-state index in [0.29, 0.717) is 12.1 Å². The Labute approximate surface area is 99.8 Å². The Kier molecular flexibility index (Phi) is 3.29. The maximum Gasteiger partial charge on any atom is 0.129 e. The van der Waals surface area contributed by atoms with Crippen LogP contribution in [0.2, 0.25) is 0 Å². The number of hydrogen-bond donors (Lipinski definition) is 0. The molecule has 82 valence electrons. The highest BCUT2D eigenvalue weighted by Gasteiger charge is 2.29. The van der Waals surface area contributed by atoms with Crippen LogP contribution in [0.1, 0.15) is 33.1 Å². The summed E-state index contributed by atoms with van der Waals surface area (Å²) >= 11 is 3.42. The smallest absolute Gasteiger partial charge is 0.129 e. The van der Waals surface area contributed by atoms with Crippen molar-refractivity contribution < 1.29 is 0 Å². The Balaban J connectivity index is 2.24. The van der Waals surface area contributed by atoms with Gasteiger partial charge in [0, 0.05) is 22.8 Å². The summed E-state index contributed by atoms with van der Waals surface area (Å²) in [5, 5.41) is 0. The molecule has 0 radical (unpaired) electrons. The molecule has 0 aromatic carbocycles. The zero-order valence-corrected chi connectivity index (χ0v) is 10.9. The van der Waals surface area contributed by atoms with E-state index in [1.165, 1.54) is 19.3 Å². The van der Waals surface area contributed by atoms with E-state index < -0.39 is 0 Å². The third kappa shape index (κ3) is 2.17. The predicted octanol–water partition coefficient (Wildman–Crippen LogP) is 3.61. The lowest BCUT2D eigenvalue weighted by molar-refractivity contribution is 0.621. The quantitative estimate of drug-likeness (QED) is 0.815. The molecule has 1 aromatic rings. The van der Waals surface area contributed by atoms with Crippen molar-refractivity contribution in [2.24, 2.45) is 0 Å². The van der Waals surface area contributed by atoms with Crippen LogP contribution in [0.15, 0.2) is 22.8 Å². The van der Waals surface area contributed by atoms with Crippen LogP contribution in [-0.4, -0.2) is 17.1 Å². The molecule has 0 amide bonds. The first-order valence-electron chi connectivity index (χ1n) is 5.62. The number of rotatable bonds is 2. The van der Waals surface area contributed by atoms with Crippen LogP contribution in [0.4, 0.5) is 5.82 Å². The van der Waals surface area contributed by atoms with Crippen molar-refractivity contribution in [2.45, 2.75) is 45.2 Å². The molecule has 0 bridgehead atoms. The molecule has 3 heteroatoms. The number of hydrogen-bond acceptors (Lipinski definition) is 2. The average Bonchev–Trinajstić information content (AvgIpc) is 2.61. The second kappa shape index (κ2) is 4.52. The van der Waals surface area contributed by atoms with E-state index in [-0.39, 0.29) is 0 Å². The zero-order valence-electron chi connectivity index (χ0n) is 9.28. The SMILES string of the molecule is CC[C@H]1CC[C@@H](C)N1c1ccc(Br)cn1. The molecular weight excluding hydrogens is 252 g/mol. The second-order valence-electron chi connectivity index (χ2n) is 4.23. The number of aromatic nitrogens is 1. The Hall–Kier alpha value is -0.570. The number of nitrogens with zero attached hydrogens (tertiary/aromatic N) is 2. The summed E-state index contributed by atoms with van der Waals surface area (Å²) in [7, 11) is 0. The fraction of sp³-hybridized carbons (Fsp3) is 0.583. The molecule has 2 nitrogen and oxygen atoms in total. The normalized spacial score (nSPS) is 25.9. The third-order valence-corrected chi connectivity index (χ3v) is 3.70. The molecule has 15 heavy (non-hydrogen) atoms. The highest BCUT2D eigenvalue weighted by Crippen LogP contribution is 2.30. The van der Waals surface area contributed by atoms with Crippen molar-refractivity contribution in [2.75, 3.05) is 4.90 Å². The van der Waals surface area contributed by atoms with Crippen LogP contribution >= 0.6 is 15.9 Å². The molecular formula is C12H17BrN2. The van der Waals surface area contributed by atoms with Crippen molar-refractivity contribution >= 4 is 21.7 Å². The Morgan fingerprint density at radius 1 is 1.47 bits per heavy atom. The molecule has 0 unspecified atom stereocenters. The van der Waals surface area contributed by atoms with Gasteiger partial charge in [0.2, 0.25) is 0 Å². The lowest BCUT2D eigenvalue weighted by Crippen LogP contribution is -2.34. The lowest BCUT2D eigenvalue weighted by atomic mass is 10.1. The van der Waals surface area contributed by atoms with Gasteiger partial charge in [-0.15, -0.1) is 0 Å². The molecule has 2 atom stereocenters. The molecule has 2 rings (SSSR count). The molecule has 1 saturated heterocycles. The van der Waals surface area contributed by atoms with Gasteiger partial charge in [0.1, 0.15) is 5.82 Å². The minimum Gasteiger partial charge on any atom is -0.351 e. The summed E-state index contributed by atoms with van der Waals surface area (Å²) in [5.41, 5.74) is 0. The molecule has 0 saturated carbocycles. The molecule has 1 aromatic heterocycles. The van der Waals surface area contributed by atoms with Gasteiger partial charge in [-0.25, -0.2) is 4.98 Å². The summed E-state index contributed by atoms with van der Waals surface area (Å²) in [5.74, 6) is 1.12.